The summed E-state index contributed by atoms with van der Waals surface area (Å²) >= 11 is 0. The number of carbonyl (C=O) groups excluding carboxylic acids is 1. The van der Waals surface area contributed by atoms with Crippen LogP contribution in [0.3, 0.4) is 0 Å². The van der Waals surface area contributed by atoms with Crippen molar-refractivity contribution >= 4 is 12.0 Å². The van der Waals surface area contributed by atoms with Crippen LogP contribution in [0.4, 0.5) is 26.3 Å². The number of methoxy groups -OCH3 is 1. The Hall–Kier alpha value is -2.77. The third-order valence-corrected chi connectivity index (χ3v) is 3.48. The molecule has 0 atom stereocenters. The Morgan fingerprint density at radius 3 is 2.15 bits per heavy atom. The number of carbonyl (C=O) groups is 1. The average Bonchev–Trinajstić information content (AvgIpc) is 2.58. The van der Waals surface area contributed by atoms with E-state index < -0.39 is 29.4 Å². The molecule has 0 amide bonds. The summed E-state index contributed by atoms with van der Waals surface area (Å²) in [6.45, 7) is 0. The minimum Gasteiger partial charge on any atom is -0.466 e. The molecule has 0 bridgehead atoms. The molecule has 2 nitrogen and oxygen atoms in total. The predicted octanol–water partition coefficient (Wildman–Crippen LogP) is 5.58. The first-order chi connectivity index (χ1) is 12.0. The first kappa shape index (κ1) is 19.6. The molecule has 0 fully saturated rings. The Morgan fingerprint density at radius 2 is 1.58 bits per heavy atom. The second kappa shape index (κ2) is 7.23. The minimum absolute atomic E-state index is 0.00572. The van der Waals surface area contributed by atoms with Crippen LogP contribution < -0.4 is 0 Å². The number of hydrogen-bond acceptors (Lipinski definition) is 2. The van der Waals surface area contributed by atoms with Gasteiger partial charge in [0.05, 0.1) is 18.2 Å². The van der Waals surface area contributed by atoms with E-state index in [1.54, 1.807) is 0 Å². The van der Waals surface area contributed by atoms with Gasteiger partial charge in [0, 0.05) is 6.08 Å². The van der Waals surface area contributed by atoms with Crippen molar-refractivity contribution in [2.45, 2.75) is 12.4 Å². The molecule has 0 N–H and O–H groups in total. The zero-order valence-corrected chi connectivity index (χ0v) is 13.3. The lowest BCUT2D eigenvalue weighted by molar-refractivity contribution is -0.138. The van der Waals surface area contributed by atoms with Gasteiger partial charge in [-0.1, -0.05) is 24.3 Å². The first-order valence-corrected chi connectivity index (χ1v) is 7.17. The van der Waals surface area contributed by atoms with Gasteiger partial charge in [0.2, 0.25) is 0 Å². The maximum atomic E-state index is 13.3. The Bertz CT molecular complexity index is 834. The SMILES string of the molecule is COC(=O)/C=C/c1ccc(-c2cccc(C(F)(F)F)c2)cc1C(F)(F)F. The Morgan fingerprint density at radius 1 is 0.923 bits per heavy atom. The Kier molecular flexibility index (Phi) is 5.44. The maximum Gasteiger partial charge on any atom is 0.417 e. The molecule has 2 aromatic carbocycles. The van der Waals surface area contributed by atoms with Crippen LogP contribution in [0.1, 0.15) is 16.7 Å². The normalized spacial score (nSPS) is 12.4. The zero-order valence-electron chi connectivity index (χ0n) is 13.3. The minimum atomic E-state index is -4.76. The topological polar surface area (TPSA) is 26.3 Å². The van der Waals surface area contributed by atoms with E-state index in [9.17, 15) is 31.1 Å². The lowest BCUT2D eigenvalue weighted by atomic mass is 9.97. The van der Waals surface area contributed by atoms with Crippen LogP contribution in [0.25, 0.3) is 17.2 Å². The molecule has 0 aliphatic heterocycles. The summed E-state index contributed by atoms with van der Waals surface area (Å²) in [5.74, 6) is -0.833. The quantitative estimate of drug-likeness (QED) is 0.398. The molecule has 0 saturated carbocycles. The highest BCUT2D eigenvalue weighted by molar-refractivity contribution is 5.87. The van der Waals surface area contributed by atoms with Crippen molar-refractivity contribution in [3.63, 3.8) is 0 Å². The summed E-state index contributed by atoms with van der Waals surface area (Å²) in [5.41, 5.74) is -2.38. The highest BCUT2D eigenvalue weighted by atomic mass is 19.4. The van der Waals surface area contributed by atoms with Crippen LogP contribution in [0.5, 0.6) is 0 Å². The number of esters is 1. The van der Waals surface area contributed by atoms with Crippen LogP contribution in [0.15, 0.2) is 48.5 Å². The van der Waals surface area contributed by atoms with E-state index in [0.717, 1.165) is 49.6 Å². The second-order valence-electron chi connectivity index (χ2n) is 5.23. The predicted molar refractivity (Wildman–Crippen MR) is 82.9 cm³/mol. The molecule has 0 radical (unpaired) electrons. The molecule has 0 aliphatic rings. The fraction of sp³-hybridized carbons (Fsp3) is 0.167. The summed E-state index contributed by atoms with van der Waals surface area (Å²) in [4.78, 5) is 11.1. The first-order valence-electron chi connectivity index (χ1n) is 7.17. The van der Waals surface area contributed by atoms with Crippen molar-refractivity contribution in [3.8, 4) is 11.1 Å². The third kappa shape index (κ3) is 4.65. The number of ether oxygens (including phenoxy) is 1. The molecule has 2 aromatic rings. The third-order valence-electron chi connectivity index (χ3n) is 3.48. The standard InChI is InChI=1S/C18H12F6O2/c1-26-16(25)8-7-11-5-6-13(10-15(11)18(22,23)24)12-3-2-4-14(9-12)17(19,20)21/h2-10H,1H3/b8-7+. The van der Waals surface area contributed by atoms with Gasteiger partial charge in [0.25, 0.3) is 0 Å². The number of halogens is 6. The van der Waals surface area contributed by atoms with E-state index in [-0.39, 0.29) is 16.7 Å². The molecule has 0 saturated heterocycles. The maximum absolute atomic E-state index is 13.3. The molecule has 2 rings (SSSR count). The Labute approximate surface area is 144 Å². The number of rotatable bonds is 3. The second-order valence-corrected chi connectivity index (χ2v) is 5.23. The van der Waals surface area contributed by atoms with Gasteiger partial charge in [-0.15, -0.1) is 0 Å². The van der Waals surface area contributed by atoms with Crippen molar-refractivity contribution < 1.29 is 35.9 Å². The average molecular weight is 374 g/mol. The molecule has 138 valence electrons. The molecule has 0 unspecified atom stereocenters. The van der Waals surface area contributed by atoms with Gasteiger partial charge >= 0.3 is 18.3 Å². The van der Waals surface area contributed by atoms with Gasteiger partial charge in [-0.2, -0.15) is 26.3 Å². The van der Waals surface area contributed by atoms with Crippen LogP contribution >= 0.6 is 0 Å². The van der Waals surface area contributed by atoms with E-state index in [1.807, 2.05) is 0 Å². The lowest BCUT2D eigenvalue weighted by Gasteiger charge is -2.14. The molecular weight excluding hydrogens is 362 g/mol. The number of alkyl halides is 6. The summed E-state index contributed by atoms with van der Waals surface area (Å²) in [6, 6.07) is 7.10. The monoisotopic (exact) mass is 374 g/mol. The van der Waals surface area contributed by atoms with Crippen molar-refractivity contribution in [2.24, 2.45) is 0 Å². The van der Waals surface area contributed by atoms with Gasteiger partial charge in [-0.3, -0.25) is 0 Å². The fourth-order valence-electron chi connectivity index (χ4n) is 2.23. The van der Waals surface area contributed by atoms with Gasteiger partial charge in [0.1, 0.15) is 0 Å². The molecular formula is C18H12F6O2. The fourth-order valence-corrected chi connectivity index (χ4v) is 2.23. The molecule has 26 heavy (non-hydrogen) atoms. The van der Waals surface area contributed by atoms with E-state index in [1.165, 1.54) is 12.1 Å². The Balaban J connectivity index is 2.53. The number of benzene rings is 2. The lowest BCUT2D eigenvalue weighted by Crippen LogP contribution is -2.08. The van der Waals surface area contributed by atoms with Crippen molar-refractivity contribution in [1.82, 2.24) is 0 Å². The molecule has 0 aliphatic carbocycles. The summed E-state index contributed by atoms with van der Waals surface area (Å²) in [5, 5.41) is 0. The van der Waals surface area contributed by atoms with E-state index in [2.05, 4.69) is 4.74 Å². The van der Waals surface area contributed by atoms with Crippen LogP contribution in [0, 0.1) is 0 Å². The smallest absolute Gasteiger partial charge is 0.417 e. The highest BCUT2D eigenvalue weighted by Gasteiger charge is 2.34. The molecule has 0 spiro atoms. The van der Waals surface area contributed by atoms with Crippen LogP contribution in [-0.4, -0.2) is 13.1 Å². The van der Waals surface area contributed by atoms with E-state index in [0.29, 0.717) is 0 Å². The molecule has 8 heteroatoms. The highest BCUT2D eigenvalue weighted by Crippen LogP contribution is 2.37. The van der Waals surface area contributed by atoms with E-state index in [4.69, 9.17) is 0 Å². The van der Waals surface area contributed by atoms with Gasteiger partial charge in [-0.05, 0) is 41.0 Å². The van der Waals surface area contributed by atoms with Crippen LogP contribution in [-0.2, 0) is 21.9 Å². The summed E-state index contributed by atoms with van der Waals surface area (Å²) in [7, 11) is 1.08. The van der Waals surface area contributed by atoms with Gasteiger partial charge < -0.3 is 4.74 Å². The largest absolute Gasteiger partial charge is 0.466 e. The van der Waals surface area contributed by atoms with Gasteiger partial charge in [0.15, 0.2) is 0 Å². The molecule has 0 aromatic heterocycles. The van der Waals surface area contributed by atoms with Crippen molar-refractivity contribution in [2.75, 3.05) is 7.11 Å². The summed E-state index contributed by atoms with van der Waals surface area (Å²) in [6.07, 6.45) is -7.60. The van der Waals surface area contributed by atoms with E-state index >= 15 is 0 Å². The van der Waals surface area contributed by atoms with Gasteiger partial charge in [-0.25, -0.2) is 4.79 Å². The molecule has 0 heterocycles. The van der Waals surface area contributed by atoms with Crippen molar-refractivity contribution in [3.05, 3.63) is 65.2 Å². The summed E-state index contributed by atoms with van der Waals surface area (Å²) < 4.78 is 82.6. The van der Waals surface area contributed by atoms with Crippen molar-refractivity contribution in [1.29, 1.82) is 0 Å². The zero-order chi connectivity index (χ0) is 19.5. The number of hydrogen-bond donors (Lipinski definition) is 0. The van der Waals surface area contributed by atoms with Crippen LogP contribution in [0.2, 0.25) is 0 Å².